The van der Waals surface area contributed by atoms with Gasteiger partial charge in [0.25, 0.3) is 5.91 Å². The number of anilines is 1. The topological polar surface area (TPSA) is 38.3 Å². The molecule has 0 bridgehead atoms. The summed E-state index contributed by atoms with van der Waals surface area (Å²) in [7, 11) is 0. The number of carbonyl (C=O) groups excluding carboxylic acids is 1. The van der Waals surface area contributed by atoms with Gasteiger partial charge < -0.3 is 10.1 Å². The lowest BCUT2D eigenvalue weighted by Crippen LogP contribution is -2.06. The van der Waals surface area contributed by atoms with Crippen molar-refractivity contribution in [2.45, 2.75) is 12.8 Å². The van der Waals surface area contributed by atoms with Crippen molar-refractivity contribution >= 4 is 39.2 Å². The molecule has 0 fully saturated rings. The van der Waals surface area contributed by atoms with E-state index in [0.717, 1.165) is 22.2 Å². The molecule has 0 unspecified atom stereocenters. The van der Waals surface area contributed by atoms with Gasteiger partial charge in [-0.2, -0.15) is 13.2 Å². The molecule has 3 aromatic carbocycles. The highest BCUT2D eigenvalue weighted by Gasteiger charge is 2.33. The van der Waals surface area contributed by atoms with Crippen LogP contribution in [0.4, 0.5) is 18.9 Å². The molecule has 1 N–H and O–H groups in total. The molecule has 30 heavy (non-hydrogen) atoms. The molecule has 7 heteroatoms. The largest absolute Gasteiger partial charge is 0.488 e. The Balaban J connectivity index is 1.68. The molecule has 3 nitrogen and oxygen atoms in total. The van der Waals surface area contributed by atoms with E-state index in [1.165, 1.54) is 6.07 Å². The van der Waals surface area contributed by atoms with Gasteiger partial charge in [0.2, 0.25) is 0 Å². The number of fused-ring (bicyclic) bond motifs is 1. The lowest BCUT2D eigenvalue weighted by atomic mass is 10.0. The molecule has 0 spiro atoms. The van der Waals surface area contributed by atoms with Crippen molar-refractivity contribution in [3.63, 3.8) is 0 Å². The van der Waals surface area contributed by atoms with Gasteiger partial charge in [0.1, 0.15) is 12.4 Å². The molecule has 0 radical (unpaired) electrons. The maximum atomic E-state index is 13.0. The highest BCUT2D eigenvalue weighted by molar-refractivity contribution is 9.10. The first kappa shape index (κ1) is 20.2. The van der Waals surface area contributed by atoms with Crippen LogP contribution in [0.25, 0.3) is 11.6 Å². The van der Waals surface area contributed by atoms with Crippen molar-refractivity contribution < 1.29 is 22.7 Å². The Bertz CT molecular complexity index is 1140. The highest BCUT2D eigenvalue weighted by atomic mass is 79.9. The SMILES string of the molecule is O=C1Nc2cc(C(F)(F)F)ccc2/C1=C/c1cc(Br)ccc1OCc1ccccc1. The number of hydrogen-bond donors (Lipinski definition) is 1. The minimum absolute atomic E-state index is 0.142. The summed E-state index contributed by atoms with van der Waals surface area (Å²) in [6, 6.07) is 18.2. The van der Waals surface area contributed by atoms with Crippen LogP contribution in [0.5, 0.6) is 5.75 Å². The predicted octanol–water partition coefficient (Wildman–Crippen LogP) is 6.54. The van der Waals surface area contributed by atoms with Gasteiger partial charge in [-0.25, -0.2) is 0 Å². The van der Waals surface area contributed by atoms with Crippen LogP contribution in [0.3, 0.4) is 0 Å². The third kappa shape index (κ3) is 4.26. The molecule has 0 saturated carbocycles. The number of amides is 1. The molecule has 0 saturated heterocycles. The number of nitrogens with one attached hydrogen (secondary N) is 1. The van der Waals surface area contributed by atoms with E-state index >= 15 is 0 Å². The second kappa shape index (κ2) is 7.99. The summed E-state index contributed by atoms with van der Waals surface area (Å²) in [6.45, 7) is 0.344. The van der Waals surface area contributed by atoms with Gasteiger partial charge >= 0.3 is 6.18 Å². The van der Waals surface area contributed by atoms with E-state index in [4.69, 9.17) is 4.74 Å². The van der Waals surface area contributed by atoms with Crippen molar-refractivity contribution in [2.24, 2.45) is 0 Å². The Morgan fingerprint density at radius 1 is 1.00 bits per heavy atom. The molecule has 152 valence electrons. The van der Waals surface area contributed by atoms with E-state index in [1.807, 2.05) is 36.4 Å². The summed E-state index contributed by atoms with van der Waals surface area (Å²) < 4.78 is 45.6. The molecule has 0 aliphatic carbocycles. The average Bonchev–Trinajstić information content (AvgIpc) is 3.02. The van der Waals surface area contributed by atoms with Crippen molar-refractivity contribution in [3.8, 4) is 5.75 Å². The third-order valence-corrected chi connectivity index (χ3v) is 5.13. The van der Waals surface area contributed by atoms with Crippen LogP contribution in [0.2, 0.25) is 0 Å². The van der Waals surface area contributed by atoms with Gasteiger partial charge in [-0.3, -0.25) is 4.79 Å². The zero-order chi connectivity index (χ0) is 21.3. The molecule has 0 atom stereocenters. The maximum Gasteiger partial charge on any atom is 0.416 e. The Morgan fingerprint density at radius 2 is 1.77 bits per heavy atom. The normalized spacial score (nSPS) is 14.5. The Hall–Kier alpha value is -3.06. The van der Waals surface area contributed by atoms with Crippen LogP contribution in [0.15, 0.2) is 71.2 Å². The summed E-state index contributed by atoms with van der Waals surface area (Å²) in [6.07, 6.45) is -2.85. The van der Waals surface area contributed by atoms with E-state index in [0.29, 0.717) is 23.5 Å². The summed E-state index contributed by atoms with van der Waals surface area (Å²) in [5.41, 5.74) is 1.66. The van der Waals surface area contributed by atoms with Crippen molar-refractivity contribution in [2.75, 3.05) is 5.32 Å². The summed E-state index contributed by atoms with van der Waals surface area (Å²) in [4.78, 5) is 12.5. The van der Waals surface area contributed by atoms with Gasteiger partial charge in [-0.15, -0.1) is 0 Å². The Kier molecular flexibility index (Phi) is 5.39. The van der Waals surface area contributed by atoms with Gasteiger partial charge in [0.15, 0.2) is 0 Å². The van der Waals surface area contributed by atoms with Crippen LogP contribution in [-0.2, 0) is 17.6 Å². The average molecular weight is 474 g/mol. The predicted molar refractivity (Wildman–Crippen MR) is 113 cm³/mol. The van der Waals surface area contributed by atoms with Crippen molar-refractivity contribution in [3.05, 3.63) is 93.5 Å². The van der Waals surface area contributed by atoms with Crippen LogP contribution >= 0.6 is 15.9 Å². The quantitative estimate of drug-likeness (QED) is 0.436. The maximum absolute atomic E-state index is 13.0. The third-order valence-electron chi connectivity index (χ3n) is 4.64. The first-order chi connectivity index (χ1) is 14.3. The highest BCUT2D eigenvalue weighted by Crippen LogP contribution is 2.39. The fraction of sp³-hybridized carbons (Fsp3) is 0.0870. The molecule has 1 heterocycles. The van der Waals surface area contributed by atoms with Gasteiger partial charge in [-0.1, -0.05) is 52.3 Å². The van der Waals surface area contributed by atoms with Crippen LogP contribution < -0.4 is 10.1 Å². The van der Waals surface area contributed by atoms with Gasteiger partial charge in [0.05, 0.1) is 5.56 Å². The Labute approximate surface area is 179 Å². The van der Waals surface area contributed by atoms with Gasteiger partial charge in [-0.05, 0) is 42.0 Å². The van der Waals surface area contributed by atoms with E-state index in [1.54, 1.807) is 18.2 Å². The Morgan fingerprint density at radius 3 is 2.50 bits per heavy atom. The van der Waals surface area contributed by atoms with Gasteiger partial charge in [0, 0.05) is 26.9 Å². The minimum Gasteiger partial charge on any atom is -0.488 e. The molecule has 1 aliphatic rings. The molecule has 1 aliphatic heterocycles. The minimum atomic E-state index is -4.48. The van der Waals surface area contributed by atoms with E-state index in [9.17, 15) is 18.0 Å². The van der Waals surface area contributed by atoms with Crippen molar-refractivity contribution in [1.82, 2.24) is 0 Å². The zero-order valence-electron chi connectivity index (χ0n) is 15.5. The second-order valence-corrected chi connectivity index (χ2v) is 7.64. The lowest BCUT2D eigenvalue weighted by molar-refractivity contribution is -0.137. The van der Waals surface area contributed by atoms with E-state index < -0.39 is 17.6 Å². The first-order valence-electron chi connectivity index (χ1n) is 9.02. The standard InChI is InChI=1S/C23H15BrF3NO2/c24-17-7-9-21(30-13-14-4-2-1-3-5-14)15(10-17)11-19-18-8-6-16(23(25,26)27)12-20(18)28-22(19)29/h1-12H,13H2,(H,28,29)/b19-11-. The molecular formula is C23H15BrF3NO2. The molecule has 3 aromatic rings. The molecule has 1 amide bonds. The number of carbonyl (C=O) groups is 1. The van der Waals surface area contributed by atoms with Crippen LogP contribution in [0, 0.1) is 0 Å². The smallest absolute Gasteiger partial charge is 0.416 e. The van der Waals surface area contributed by atoms with E-state index in [-0.39, 0.29) is 11.3 Å². The lowest BCUT2D eigenvalue weighted by Gasteiger charge is -2.11. The summed E-state index contributed by atoms with van der Waals surface area (Å²) >= 11 is 3.41. The number of rotatable bonds is 4. The number of ether oxygens (including phenoxy) is 1. The van der Waals surface area contributed by atoms with E-state index in [2.05, 4.69) is 21.2 Å². The van der Waals surface area contributed by atoms with Crippen molar-refractivity contribution in [1.29, 1.82) is 0 Å². The second-order valence-electron chi connectivity index (χ2n) is 6.73. The molecular weight excluding hydrogens is 459 g/mol. The van der Waals surface area contributed by atoms with Crippen LogP contribution in [-0.4, -0.2) is 5.91 Å². The monoisotopic (exact) mass is 473 g/mol. The number of hydrogen-bond acceptors (Lipinski definition) is 2. The summed E-state index contributed by atoms with van der Waals surface area (Å²) in [5.74, 6) is 0.0982. The number of alkyl halides is 3. The van der Waals surface area contributed by atoms with Crippen LogP contribution in [0.1, 0.15) is 22.3 Å². The fourth-order valence-electron chi connectivity index (χ4n) is 3.17. The first-order valence-corrected chi connectivity index (χ1v) is 9.81. The summed E-state index contributed by atoms with van der Waals surface area (Å²) in [5, 5.41) is 2.51. The zero-order valence-corrected chi connectivity index (χ0v) is 17.0. The number of benzene rings is 3. The molecule has 4 rings (SSSR count). The fourth-order valence-corrected chi connectivity index (χ4v) is 3.55. The molecule has 0 aromatic heterocycles. The number of halogens is 4.